The molecule has 0 spiro atoms. The van der Waals surface area contributed by atoms with Crippen molar-refractivity contribution in [2.75, 3.05) is 6.61 Å². The van der Waals surface area contributed by atoms with Gasteiger partial charge in [-0.3, -0.25) is 0 Å². The molecule has 0 saturated heterocycles. The number of esters is 1. The van der Waals surface area contributed by atoms with Crippen LogP contribution in [0.5, 0.6) is 0 Å². The van der Waals surface area contributed by atoms with Gasteiger partial charge in [0.2, 0.25) is 0 Å². The zero-order chi connectivity index (χ0) is 11.3. The largest absolute Gasteiger partial charge is 0.460 e. The molecular formula is C9H16N4O2. The molecule has 0 radical (unpaired) electrons. The maximum absolute atomic E-state index is 11.4. The number of hydrogen-bond acceptors (Lipinski definition) is 5. The van der Waals surface area contributed by atoms with Crippen LogP contribution in [0.25, 0.3) is 0 Å². The third-order valence-electron chi connectivity index (χ3n) is 1.91. The van der Waals surface area contributed by atoms with Crippen molar-refractivity contribution in [3.63, 3.8) is 0 Å². The van der Waals surface area contributed by atoms with Crippen LogP contribution in [-0.4, -0.2) is 32.8 Å². The van der Waals surface area contributed by atoms with Gasteiger partial charge in [-0.15, -0.1) is 5.10 Å². The van der Waals surface area contributed by atoms with Crippen LogP contribution in [0.15, 0.2) is 0 Å². The molecule has 84 valence electrons. The average molecular weight is 212 g/mol. The number of carbonyl (C=O) groups excluding carboxylic acids is 1. The second-order valence-electron chi connectivity index (χ2n) is 3.63. The minimum Gasteiger partial charge on any atom is -0.460 e. The van der Waals surface area contributed by atoms with Crippen molar-refractivity contribution in [1.82, 2.24) is 20.2 Å². The molecule has 0 unspecified atom stereocenters. The molecule has 0 aliphatic carbocycles. The van der Waals surface area contributed by atoms with E-state index in [0.717, 1.165) is 6.42 Å². The number of carbonyl (C=O) groups is 1. The van der Waals surface area contributed by atoms with E-state index in [4.69, 9.17) is 4.74 Å². The summed E-state index contributed by atoms with van der Waals surface area (Å²) in [4.78, 5) is 11.4. The SMILES string of the molecule is CCOC(=O)c1nnnn1CCC(C)C. The fourth-order valence-corrected chi connectivity index (χ4v) is 1.08. The van der Waals surface area contributed by atoms with E-state index < -0.39 is 5.97 Å². The molecule has 0 N–H and O–H groups in total. The Balaban J connectivity index is 2.64. The van der Waals surface area contributed by atoms with Gasteiger partial charge < -0.3 is 4.74 Å². The van der Waals surface area contributed by atoms with Crippen molar-refractivity contribution in [1.29, 1.82) is 0 Å². The number of aryl methyl sites for hydroxylation is 1. The Morgan fingerprint density at radius 2 is 2.27 bits per heavy atom. The number of ether oxygens (including phenoxy) is 1. The molecule has 0 saturated carbocycles. The Labute approximate surface area is 88.6 Å². The molecule has 6 heteroatoms. The molecule has 0 atom stereocenters. The quantitative estimate of drug-likeness (QED) is 0.678. The third kappa shape index (κ3) is 3.30. The predicted molar refractivity (Wildman–Crippen MR) is 53.2 cm³/mol. The summed E-state index contributed by atoms with van der Waals surface area (Å²) in [5.74, 6) is 0.257. The van der Waals surface area contributed by atoms with Crippen LogP contribution < -0.4 is 0 Å². The minimum absolute atomic E-state index is 0.178. The van der Waals surface area contributed by atoms with E-state index in [-0.39, 0.29) is 5.82 Å². The van der Waals surface area contributed by atoms with Crippen molar-refractivity contribution in [2.45, 2.75) is 33.7 Å². The Hall–Kier alpha value is -1.46. The number of rotatable bonds is 5. The molecule has 1 rings (SSSR count). The van der Waals surface area contributed by atoms with Gasteiger partial charge in [0.1, 0.15) is 0 Å². The Morgan fingerprint density at radius 1 is 1.53 bits per heavy atom. The zero-order valence-electron chi connectivity index (χ0n) is 9.30. The van der Waals surface area contributed by atoms with Crippen molar-refractivity contribution in [3.05, 3.63) is 5.82 Å². The van der Waals surface area contributed by atoms with Gasteiger partial charge in [-0.25, -0.2) is 9.48 Å². The molecule has 0 aliphatic heterocycles. The summed E-state index contributed by atoms with van der Waals surface area (Å²) in [6.07, 6.45) is 0.928. The van der Waals surface area contributed by atoms with Gasteiger partial charge in [-0.1, -0.05) is 13.8 Å². The Bertz CT molecular complexity index is 322. The predicted octanol–water partition coefficient (Wildman–Crippen LogP) is 0.896. The number of hydrogen-bond donors (Lipinski definition) is 0. The van der Waals surface area contributed by atoms with E-state index in [2.05, 4.69) is 29.4 Å². The molecule has 1 aromatic heterocycles. The summed E-state index contributed by atoms with van der Waals surface area (Å²) in [6.45, 7) is 6.93. The van der Waals surface area contributed by atoms with Crippen molar-refractivity contribution >= 4 is 5.97 Å². The van der Waals surface area contributed by atoms with Crippen molar-refractivity contribution in [3.8, 4) is 0 Å². The summed E-state index contributed by atoms with van der Waals surface area (Å²) in [7, 11) is 0. The van der Waals surface area contributed by atoms with Crippen LogP contribution in [0, 0.1) is 5.92 Å². The van der Waals surface area contributed by atoms with E-state index in [0.29, 0.717) is 19.1 Å². The molecule has 0 aliphatic rings. The minimum atomic E-state index is -0.466. The molecule has 1 aromatic rings. The molecule has 0 fully saturated rings. The average Bonchev–Trinajstić information content (AvgIpc) is 2.62. The monoisotopic (exact) mass is 212 g/mol. The summed E-state index contributed by atoms with van der Waals surface area (Å²) < 4.78 is 6.32. The summed E-state index contributed by atoms with van der Waals surface area (Å²) in [5.41, 5.74) is 0. The van der Waals surface area contributed by atoms with Crippen LogP contribution in [0.2, 0.25) is 0 Å². The molecule has 0 aromatic carbocycles. The smallest absolute Gasteiger partial charge is 0.378 e. The lowest BCUT2D eigenvalue weighted by atomic mass is 10.1. The standard InChI is InChI=1S/C9H16N4O2/c1-4-15-9(14)8-10-11-12-13(8)6-5-7(2)3/h7H,4-6H2,1-3H3. The van der Waals surface area contributed by atoms with Gasteiger partial charge in [0.05, 0.1) is 6.61 Å². The first-order valence-electron chi connectivity index (χ1n) is 5.08. The number of nitrogens with zero attached hydrogens (tertiary/aromatic N) is 4. The normalized spacial score (nSPS) is 10.7. The van der Waals surface area contributed by atoms with Gasteiger partial charge in [0.15, 0.2) is 0 Å². The molecule has 0 bridgehead atoms. The molecule has 6 nitrogen and oxygen atoms in total. The van der Waals surface area contributed by atoms with Crippen LogP contribution in [0.4, 0.5) is 0 Å². The lowest BCUT2D eigenvalue weighted by molar-refractivity contribution is 0.0503. The van der Waals surface area contributed by atoms with Crippen molar-refractivity contribution < 1.29 is 9.53 Å². The zero-order valence-corrected chi connectivity index (χ0v) is 9.30. The van der Waals surface area contributed by atoms with Crippen LogP contribution in [-0.2, 0) is 11.3 Å². The van der Waals surface area contributed by atoms with Gasteiger partial charge in [0.25, 0.3) is 5.82 Å². The lowest BCUT2D eigenvalue weighted by Gasteiger charge is -2.05. The van der Waals surface area contributed by atoms with Gasteiger partial charge in [0, 0.05) is 6.54 Å². The van der Waals surface area contributed by atoms with E-state index in [9.17, 15) is 4.79 Å². The maximum atomic E-state index is 11.4. The second-order valence-corrected chi connectivity index (χ2v) is 3.63. The van der Waals surface area contributed by atoms with E-state index in [1.807, 2.05) is 0 Å². The topological polar surface area (TPSA) is 69.9 Å². The maximum Gasteiger partial charge on any atom is 0.378 e. The van der Waals surface area contributed by atoms with Crippen LogP contribution >= 0.6 is 0 Å². The lowest BCUT2D eigenvalue weighted by Crippen LogP contribution is -2.15. The molecule has 0 amide bonds. The number of aromatic nitrogens is 4. The first kappa shape index (κ1) is 11.6. The highest BCUT2D eigenvalue weighted by Crippen LogP contribution is 2.03. The van der Waals surface area contributed by atoms with E-state index in [1.54, 1.807) is 6.92 Å². The van der Waals surface area contributed by atoms with E-state index in [1.165, 1.54) is 4.68 Å². The van der Waals surface area contributed by atoms with Gasteiger partial charge in [-0.2, -0.15) is 0 Å². The van der Waals surface area contributed by atoms with Gasteiger partial charge >= 0.3 is 5.97 Å². The number of tetrazole rings is 1. The van der Waals surface area contributed by atoms with Crippen molar-refractivity contribution in [2.24, 2.45) is 5.92 Å². The first-order chi connectivity index (χ1) is 7.15. The molecule has 15 heavy (non-hydrogen) atoms. The highest BCUT2D eigenvalue weighted by atomic mass is 16.5. The summed E-state index contributed by atoms with van der Waals surface area (Å²) in [5, 5.41) is 10.9. The van der Waals surface area contributed by atoms with Crippen LogP contribution in [0.3, 0.4) is 0 Å². The summed E-state index contributed by atoms with van der Waals surface area (Å²) in [6, 6.07) is 0. The Kier molecular flexibility index (Phi) is 4.20. The Morgan fingerprint density at radius 3 is 2.87 bits per heavy atom. The fourth-order valence-electron chi connectivity index (χ4n) is 1.08. The second kappa shape index (κ2) is 5.43. The summed E-state index contributed by atoms with van der Waals surface area (Å²) >= 11 is 0. The highest BCUT2D eigenvalue weighted by Gasteiger charge is 2.16. The van der Waals surface area contributed by atoms with Gasteiger partial charge in [-0.05, 0) is 29.7 Å². The molecule has 1 heterocycles. The fraction of sp³-hybridized carbons (Fsp3) is 0.778. The van der Waals surface area contributed by atoms with Crippen LogP contribution in [0.1, 0.15) is 37.8 Å². The first-order valence-corrected chi connectivity index (χ1v) is 5.08. The molecular weight excluding hydrogens is 196 g/mol. The third-order valence-corrected chi connectivity index (χ3v) is 1.91. The highest BCUT2D eigenvalue weighted by molar-refractivity contribution is 5.85. The van der Waals surface area contributed by atoms with E-state index >= 15 is 0 Å².